The third-order valence-corrected chi connectivity index (χ3v) is 9.79. The van der Waals surface area contributed by atoms with Crippen LogP contribution in [0.3, 0.4) is 0 Å². The van der Waals surface area contributed by atoms with Gasteiger partial charge in [0.25, 0.3) is 15.9 Å². The van der Waals surface area contributed by atoms with E-state index in [2.05, 4.69) is 15.0 Å². The highest BCUT2D eigenvalue weighted by Gasteiger charge is 2.32. The minimum Gasteiger partial charge on any atom is -0.490 e. The van der Waals surface area contributed by atoms with Gasteiger partial charge in [0.05, 0.1) is 42.3 Å². The van der Waals surface area contributed by atoms with Gasteiger partial charge in [0.1, 0.15) is 5.75 Å². The number of carbonyl (C=O) groups is 2. The van der Waals surface area contributed by atoms with Crippen LogP contribution in [-0.2, 0) is 28.0 Å². The van der Waals surface area contributed by atoms with Crippen LogP contribution in [0.1, 0.15) is 56.0 Å². The lowest BCUT2D eigenvalue weighted by atomic mass is 10.0. The Morgan fingerprint density at radius 3 is 2.45 bits per heavy atom. The highest BCUT2D eigenvalue weighted by molar-refractivity contribution is 7.92. The number of amides is 3. The Morgan fingerprint density at radius 1 is 1.14 bits per heavy atom. The number of likely N-dealkylation sites (N-methyl/N-ethyl adjacent to an activating group) is 1. The van der Waals surface area contributed by atoms with Crippen molar-refractivity contribution in [1.82, 2.24) is 19.4 Å². The Morgan fingerprint density at radius 2 is 1.82 bits per heavy atom. The second-order valence-corrected chi connectivity index (χ2v) is 14.5. The number of urea groups is 1. The number of aliphatic hydroxyl groups excluding tert-OH is 1. The molecule has 1 aliphatic heterocycles. The summed E-state index contributed by atoms with van der Waals surface area (Å²) in [6, 6.07) is 7.30. The number of imidazole rings is 1. The van der Waals surface area contributed by atoms with Gasteiger partial charge in [0.15, 0.2) is 5.03 Å². The monoisotopic (exact) mass is 738 g/mol. The fourth-order valence-electron chi connectivity index (χ4n) is 5.50. The van der Waals surface area contributed by atoms with E-state index < -0.39 is 45.8 Å². The summed E-state index contributed by atoms with van der Waals surface area (Å²) in [5.41, 5.74) is -0.461. The molecule has 0 fully saturated rings. The van der Waals surface area contributed by atoms with Gasteiger partial charge in [0, 0.05) is 57.3 Å². The number of carbonyl (C=O) groups excluding carboxylic acids is 2. The molecule has 13 nitrogen and oxygen atoms in total. The van der Waals surface area contributed by atoms with Gasteiger partial charge in [-0.15, -0.1) is 0 Å². The molecule has 1 aromatic heterocycles. The fourth-order valence-corrected chi connectivity index (χ4v) is 6.53. The molecule has 0 radical (unpaired) electrons. The Hall–Kier alpha value is -4.35. The van der Waals surface area contributed by atoms with Crippen molar-refractivity contribution in [3.63, 3.8) is 0 Å². The zero-order valence-electron chi connectivity index (χ0n) is 29.2. The van der Waals surface area contributed by atoms with Gasteiger partial charge in [-0.1, -0.05) is 6.92 Å². The van der Waals surface area contributed by atoms with Crippen LogP contribution in [0.5, 0.6) is 5.75 Å². The van der Waals surface area contributed by atoms with Gasteiger partial charge in [-0.2, -0.15) is 21.6 Å². The first-order valence-corrected chi connectivity index (χ1v) is 18.0. The number of nitrogens with one attached hydrogen (secondary N) is 2. The minimum atomic E-state index is -4.51. The third-order valence-electron chi connectivity index (χ3n) is 8.52. The average Bonchev–Trinajstić information content (AvgIpc) is 3.53. The summed E-state index contributed by atoms with van der Waals surface area (Å²) >= 11 is 0. The van der Waals surface area contributed by atoms with Gasteiger partial charge < -0.3 is 34.3 Å². The summed E-state index contributed by atoms with van der Waals surface area (Å²) in [5.74, 6) is -0.657. The van der Waals surface area contributed by atoms with Gasteiger partial charge in [0.2, 0.25) is 0 Å². The van der Waals surface area contributed by atoms with Crippen molar-refractivity contribution in [3.8, 4) is 5.75 Å². The number of aliphatic hydroxyl groups is 1. The zero-order valence-corrected chi connectivity index (χ0v) is 30.0. The number of fused-ring (bicyclic) bond motifs is 1. The van der Waals surface area contributed by atoms with Crippen molar-refractivity contribution in [3.05, 3.63) is 66.1 Å². The molecule has 4 rings (SSSR count). The second-order valence-electron chi connectivity index (χ2n) is 12.9. The van der Waals surface area contributed by atoms with E-state index in [4.69, 9.17) is 9.47 Å². The van der Waals surface area contributed by atoms with Crippen molar-refractivity contribution in [2.24, 2.45) is 13.0 Å². The minimum absolute atomic E-state index is 0.0816. The van der Waals surface area contributed by atoms with Gasteiger partial charge in [-0.25, -0.2) is 9.78 Å². The van der Waals surface area contributed by atoms with E-state index in [0.717, 1.165) is 18.6 Å². The van der Waals surface area contributed by atoms with Crippen LogP contribution in [-0.4, -0.2) is 96.4 Å². The maximum Gasteiger partial charge on any atom is 0.416 e. The first-order valence-electron chi connectivity index (χ1n) is 16.5. The first kappa shape index (κ1) is 39.4. The Labute approximate surface area is 295 Å². The highest BCUT2D eigenvalue weighted by atomic mass is 32.2. The zero-order chi connectivity index (χ0) is 37.5. The molecule has 0 unspecified atom stereocenters. The number of anilines is 2. The number of nitrogens with zero attached hydrogens (tertiary/aromatic N) is 4. The van der Waals surface area contributed by atoms with Crippen molar-refractivity contribution >= 4 is 33.3 Å². The number of aromatic nitrogens is 2. The molecule has 0 saturated carbocycles. The highest BCUT2D eigenvalue weighted by Crippen LogP contribution is 2.31. The lowest BCUT2D eigenvalue weighted by Gasteiger charge is -2.35. The lowest BCUT2D eigenvalue weighted by Crippen LogP contribution is -2.48. The lowest BCUT2D eigenvalue weighted by molar-refractivity contribution is -0.137. The number of hydrogen-bond acceptors (Lipinski definition) is 8. The fraction of sp³-hybridized carbons (Fsp3) is 0.500. The van der Waals surface area contributed by atoms with E-state index in [0.29, 0.717) is 19.4 Å². The SMILES string of the molecule is C[C@@H]1CCCCO[C@@H](CN(C)C(=O)Nc2ccc(C(F)(F)F)cc2)[C@@H](C)CN([C@H](C)CO)C(=O)c2cc(NS(=O)(=O)c3cn(C)cn3)ccc2O1. The molecule has 3 aromatic rings. The number of benzene rings is 2. The molecule has 0 aliphatic carbocycles. The maximum atomic E-state index is 14.3. The van der Waals surface area contributed by atoms with Crippen molar-refractivity contribution in [2.45, 2.75) is 69.5 Å². The van der Waals surface area contributed by atoms with E-state index in [1.165, 1.54) is 64.3 Å². The van der Waals surface area contributed by atoms with Crippen LogP contribution in [0.4, 0.5) is 29.3 Å². The first-order chi connectivity index (χ1) is 24.0. The van der Waals surface area contributed by atoms with Crippen molar-refractivity contribution in [1.29, 1.82) is 0 Å². The predicted molar refractivity (Wildman–Crippen MR) is 184 cm³/mol. The summed E-state index contributed by atoms with van der Waals surface area (Å²) in [5, 5.41) is 12.6. The quantitative estimate of drug-likeness (QED) is 0.285. The molecule has 3 amide bonds. The molecule has 4 atom stereocenters. The normalized spacial score (nSPS) is 20.1. The molecule has 280 valence electrons. The van der Waals surface area contributed by atoms with Gasteiger partial charge >= 0.3 is 12.2 Å². The van der Waals surface area contributed by atoms with E-state index in [1.54, 1.807) is 14.0 Å². The number of ether oxygens (including phenoxy) is 2. The number of halogens is 3. The summed E-state index contributed by atoms with van der Waals surface area (Å²) in [7, 11) is -0.912. The average molecular weight is 739 g/mol. The number of hydrogen-bond donors (Lipinski definition) is 3. The molecule has 0 bridgehead atoms. The van der Waals surface area contributed by atoms with Crippen LogP contribution in [0, 0.1) is 5.92 Å². The topological polar surface area (TPSA) is 155 Å². The number of aryl methyl sites for hydroxylation is 1. The van der Waals surface area contributed by atoms with Crippen LogP contribution in [0.25, 0.3) is 0 Å². The molecular weight excluding hydrogens is 693 g/mol. The molecule has 17 heteroatoms. The number of sulfonamides is 1. The summed E-state index contributed by atoms with van der Waals surface area (Å²) in [6.45, 7) is 5.52. The van der Waals surface area contributed by atoms with Crippen molar-refractivity contribution in [2.75, 3.05) is 43.4 Å². The molecule has 2 aromatic carbocycles. The Balaban J connectivity index is 1.59. The van der Waals surface area contributed by atoms with Crippen LogP contribution in [0.2, 0.25) is 0 Å². The Kier molecular flexibility index (Phi) is 13.0. The molecule has 51 heavy (non-hydrogen) atoms. The molecule has 0 spiro atoms. The van der Waals surface area contributed by atoms with Crippen LogP contribution >= 0.6 is 0 Å². The maximum absolute atomic E-state index is 14.3. The van der Waals surface area contributed by atoms with E-state index in [-0.39, 0.29) is 59.4 Å². The van der Waals surface area contributed by atoms with E-state index >= 15 is 0 Å². The number of rotatable bonds is 8. The van der Waals surface area contributed by atoms with Gasteiger partial charge in [-0.3, -0.25) is 9.52 Å². The molecule has 2 heterocycles. The standard InChI is InChI=1S/C34H45F3N6O7S/c1-22-17-43(23(2)20-44)32(45)28-16-27(40-51(47,48)31-19-41(4)21-38-31)13-14-29(28)50-24(3)8-6-7-15-49-30(22)18-42(5)33(46)39-26-11-9-25(10-12-26)34(35,36)37/h9-14,16,19,21-24,30,40,44H,6-8,15,17-18,20H2,1-5H3,(H,39,46)/t22-,23+,24+,30-/m0/s1. The smallest absolute Gasteiger partial charge is 0.416 e. The van der Waals surface area contributed by atoms with E-state index in [9.17, 15) is 36.3 Å². The van der Waals surface area contributed by atoms with Crippen LogP contribution < -0.4 is 14.8 Å². The van der Waals surface area contributed by atoms with Crippen molar-refractivity contribution < 1.29 is 45.8 Å². The molecule has 3 N–H and O–H groups in total. The molecule has 1 aliphatic rings. The summed E-state index contributed by atoms with van der Waals surface area (Å²) in [6.07, 6.45) is -0.673. The van der Waals surface area contributed by atoms with Gasteiger partial charge in [-0.05, 0) is 75.6 Å². The van der Waals surface area contributed by atoms with Crippen LogP contribution in [0.15, 0.2) is 60.0 Å². The van der Waals surface area contributed by atoms with E-state index in [1.807, 2.05) is 13.8 Å². The summed E-state index contributed by atoms with van der Waals surface area (Å²) < 4.78 is 81.5. The third kappa shape index (κ3) is 10.6. The largest absolute Gasteiger partial charge is 0.490 e. The summed E-state index contributed by atoms with van der Waals surface area (Å²) in [4.78, 5) is 34.1. The Bertz CT molecular complexity index is 1750. The second kappa shape index (κ2) is 16.8. The number of alkyl halides is 3. The molecular formula is C34H45F3N6O7S. The predicted octanol–water partition coefficient (Wildman–Crippen LogP) is 5.20. The molecule has 0 saturated heterocycles.